The molecular weight excluding hydrogens is 504 g/mol. The normalized spacial score (nSPS) is 17.5. The van der Waals surface area contributed by atoms with Crippen molar-refractivity contribution in [2.75, 3.05) is 34.1 Å². The molecule has 2 aromatic carbocycles. The van der Waals surface area contributed by atoms with Gasteiger partial charge in [-0.1, -0.05) is 29.4 Å². The summed E-state index contributed by atoms with van der Waals surface area (Å²) in [7, 11) is 3.04. The molecule has 1 amide bonds. The molecule has 1 aliphatic heterocycles. The van der Waals surface area contributed by atoms with Crippen LogP contribution >= 0.6 is 0 Å². The van der Waals surface area contributed by atoms with E-state index in [-0.39, 0.29) is 31.8 Å². The molecule has 11 nitrogen and oxygen atoms in total. The van der Waals surface area contributed by atoms with Gasteiger partial charge in [0.15, 0.2) is 12.6 Å². The Morgan fingerprint density at radius 2 is 1.87 bits per heavy atom. The fourth-order valence-electron chi connectivity index (χ4n) is 4.15. The summed E-state index contributed by atoms with van der Waals surface area (Å²) in [4.78, 5) is 30.4. The maximum atomic E-state index is 13.2. The Morgan fingerprint density at radius 1 is 1.13 bits per heavy atom. The van der Waals surface area contributed by atoms with Crippen LogP contribution in [0.2, 0.25) is 0 Å². The maximum Gasteiger partial charge on any atom is 0.410 e. The standard InChI is InChI=1S/C28H36N4O7/c1-28(2,3)39-27(34)32-14-6-7-25(23(16-32)30-31-29)37-17-19-8-10-20(11-9-19)26(33)22-15-21(36-5)12-13-24(22)38-18-35-4/h8-13,15,23,25H,6-7,14,16-18H2,1-5H3/t23-,25-/m1/s1. The lowest BCUT2D eigenvalue weighted by Crippen LogP contribution is -2.42. The van der Waals surface area contributed by atoms with Gasteiger partial charge in [0.05, 0.1) is 31.4 Å². The molecule has 1 aliphatic rings. The molecule has 1 fully saturated rings. The van der Waals surface area contributed by atoms with E-state index in [4.69, 9.17) is 29.2 Å². The van der Waals surface area contributed by atoms with Gasteiger partial charge in [-0.3, -0.25) is 4.79 Å². The zero-order chi connectivity index (χ0) is 28.4. The van der Waals surface area contributed by atoms with E-state index in [1.165, 1.54) is 14.2 Å². The zero-order valence-corrected chi connectivity index (χ0v) is 23.1. The third-order valence-electron chi connectivity index (χ3n) is 6.05. The number of ketones is 1. The Kier molecular flexibility index (Phi) is 10.6. The number of methoxy groups -OCH3 is 2. The predicted molar refractivity (Wildman–Crippen MR) is 144 cm³/mol. The van der Waals surface area contributed by atoms with Crippen LogP contribution in [0.5, 0.6) is 11.5 Å². The molecule has 39 heavy (non-hydrogen) atoms. The van der Waals surface area contributed by atoms with Gasteiger partial charge in [0.2, 0.25) is 0 Å². The summed E-state index contributed by atoms with van der Waals surface area (Å²) in [6, 6.07) is 11.5. The van der Waals surface area contributed by atoms with Gasteiger partial charge in [-0.25, -0.2) is 4.79 Å². The van der Waals surface area contributed by atoms with E-state index in [0.717, 1.165) is 5.56 Å². The molecule has 0 bridgehead atoms. The number of nitrogens with zero attached hydrogens (tertiary/aromatic N) is 4. The fraction of sp³-hybridized carbons (Fsp3) is 0.500. The van der Waals surface area contributed by atoms with Crippen molar-refractivity contribution in [1.82, 2.24) is 4.90 Å². The van der Waals surface area contributed by atoms with Gasteiger partial charge in [-0.2, -0.15) is 0 Å². The van der Waals surface area contributed by atoms with E-state index < -0.39 is 17.7 Å². The minimum atomic E-state index is -0.619. The van der Waals surface area contributed by atoms with Crippen LogP contribution in [-0.2, 0) is 20.8 Å². The number of hydrogen-bond acceptors (Lipinski definition) is 8. The Labute approximate surface area is 228 Å². The molecule has 2 atom stereocenters. The summed E-state index contributed by atoms with van der Waals surface area (Å²) in [6.07, 6.45) is 0.503. The van der Waals surface area contributed by atoms with E-state index in [1.807, 2.05) is 32.9 Å². The van der Waals surface area contributed by atoms with Crippen molar-refractivity contribution >= 4 is 11.9 Å². The molecule has 3 rings (SSSR count). The average Bonchev–Trinajstić information content (AvgIpc) is 3.12. The molecular formula is C28H36N4O7. The smallest absolute Gasteiger partial charge is 0.410 e. The average molecular weight is 541 g/mol. The van der Waals surface area contributed by atoms with Crippen LogP contribution in [0.1, 0.15) is 55.1 Å². The second-order valence-corrected chi connectivity index (χ2v) is 10.1. The number of hydrogen-bond donors (Lipinski definition) is 0. The lowest BCUT2D eigenvalue weighted by molar-refractivity contribution is 0.0114. The summed E-state index contributed by atoms with van der Waals surface area (Å²) in [5.74, 6) is 0.714. The van der Waals surface area contributed by atoms with E-state index in [0.29, 0.717) is 42.0 Å². The monoisotopic (exact) mass is 540 g/mol. The van der Waals surface area contributed by atoms with E-state index in [1.54, 1.807) is 35.2 Å². The zero-order valence-electron chi connectivity index (χ0n) is 23.1. The molecule has 0 N–H and O–H groups in total. The fourth-order valence-corrected chi connectivity index (χ4v) is 4.15. The number of amides is 1. The molecule has 0 spiro atoms. The Bertz CT molecular complexity index is 1170. The molecule has 1 heterocycles. The van der Waals surface area contributed by atoms with Gasteiger partial charge in [0.25, 0.3) is 0 Å². The van der Waals surface area contributed by atoms with Gasteiger partial charge in [0.1, 0.15) is 17.1 Å². The summed E-state index contributed by atoms with van der Waals surface area (Å²) < 4.78 is 27.4. The van der Waals surface area contributed by atoms with Gasteiger partial charge in [-0.15, -0.1) is 0 Å². The molecule has 210 valence electrons. The predicted octanol–water partition coefficient (Wildman–Crippen LogP) is 5.50. The number of carbonyl (C=O) groups excluding carboxylic acids is 2. The largest absolute Gasteiger partial charge is 0.497 e. The van der Waals surface area contributed by atoms with Crippen molar-refractivity contribution in [2.24, 2.45) is 5.11 Å². The maximum absolute atomic E-state index is 13.2. The summed E-state index contributed by atoms with van der Waals surface area (Å²) in [5, 5.41) is 3.91. The van der Waals surface area contributed by atoms with Crippen molar-refractivity contribution < 1.29 is 33.3 Å². The molecule has 0 saturated carbocycles. The number of azide groups is 1. The van der Waals surface area contributed by atoms with E-state index in [2.05, 4.69) is 10.0 Å². The highest BCUT2D eigenvalue weighted by Crippen LogP contribution is 2.27. The minimum Gasteiger partial charge on any atom is -0.497 e. The van der Waals surface area contributed by atoms with Crippen LogP contribution < -0.4 is 9.47 Å². The Morgan fingerprint density at radius 3 is 2.51 bits per heavy atom. The topological polar surface area (TPSA) is 132 Å². The van der Waals surface area contributed by atoms with Crippen molar-refractivity contribution in [3.8, 4) is 11.5 Å². The van der Waals surface area contributed by atoms with Crippen LogP contribution in [-0.4, -0.2) is 68.6 Å². The summed E-state index contributed by atoms with van der Waals surface area (Å²) in [6.45, 7) is 6.39. The first-order valence-corrected chi connectivity index (χ1v) is 12.7. The summed E-state index contributed by atoms with van der Waals surface area (Å²) >= 11 is 0. The number of likely N-dealkylation sites (tertiary alicyclic amines) is 1. The number of ether oxygens (including phenoxy) is 5. The molecule has 2 aromatic rings. The van der Waals surface area contributed by atoms with Crippen LogP contribution in [0.3, 0.4) is 0 Å². The minimum absolute atomic E-state index is 0.0103. The lowest BCUT2D eigenvalue weighted by Gasteiger charge is -2.28. The Balaban J connectivity index is 1.67. The third-order valence-corrected chi connectivity index (χ3v) is 6.05. The van der Waals surface area contributed by atoms with Crippen LogP contribution in [0, 0.1) is 0 Å². The first-order chi connectivity index (χ1) is 18.6. The quantitative estimate of drug-likeness (QED) is 0.128. The van der Waals surface area contributed by atoms with Crippen LogP contribution in [0.4, 0.5) is 4.79 Å². The van der Waals surface area contributed by atoms with Gasteiger partial charge in [0, 0.05) is 30.7 Å². The molecule has 0 aromatic heterocycles. The van der Waals surface area contributed by atoms with Crippen LogP contribution in [0.25, 0.3) is 10.4 Å². The van der Waals surface area contributed by atoms with Crippen LogP contribution in [0.15, 0.2) is 47.6 Å². The highest BCUT2D eigenvalue weighted by Gasteiger charge is 2.31. The highest BCUT2D eigenvalue weighted by molar-refractivity contribution is 6.11. The van der Waals surface area contributed by atoms with Crippen molar-refractivity contribution in [2.45, 2.75) is 58.0 Å². The SMILES string of the molecule is COCOc1ccc(OC)cc1C(=O)c1ccc(CO[C@@H]2CCCN(C(=O)OC(C)(C)C)C[C@H]2N=[N+]=[N-])cc1. The second-order valence-electron chi connectivity index (χ2n) is 10.1. The van der Waals surface area contributed by atoms with Crippen molar-refractivity contribution in [1.29, 1.82) is 0 Å². The first-order valence-electron chi connectivity index (χ1n) is 12.7. The van der Waals surface area contributed by atoms with Gasteiger partial charge >= 0.3 is 6.09 Å². The molecule has 0 unspecified atom stereocenters. The first kappa shape index (κ1) is 29.8. The van der Waals surface area contributed by atoms with Gasteiger partial charge in [-0.05, 0) is 62.9 Å². The highest BCUT2D eigenvalue weighted by atomic mass is 16.7. The van der Waals surface area contributed by atoms with Crippen molar-refractivity contribution in [3.05, 3.63) is 69.6 Å². The molecule has 0 aliphatic carbocycles. The molecule has 11 heteroatoms. The summed E-state index contributed by atoms with van der Waals surface area (Å²) in [5.41, 5.74) is 10.2. The lowest BCUT2D eigenvalue weighted by atomic mass is 10.0. The third kappa shape index (κ3) is 8.61. The molecule has 1 saturated heterocycles. The number of benzene rings is 2. The molecule has 0 radical (unpaired) electrons. The van der Waals surface area contributed by atoms with Gasteiger partial charge < -0.3 is 28.6 Å². The number of carbonyl (C=O) groups is 2. The van der Waals surface area contributed by atoms with E-state index >= 15 is 0 Å². The second kappa shape index (κ2) is 13.8. The van der Waals surface area contributed by atoms with E-state index in [9.17, 15) is 9.59 Å². The van der Waals surface area contributed by atoms with Crippen molar-refractivity contribution in [3.63, 3.8) is 0 Å². The Hall–Kier alpha value is -3.79. The number of rotatable bonds is 10.